The van der Waals surface area contributed by atoms with E-state index >= 15 is 0 Å². The third-order valence-corrected chi connectivity index (χ3v) is 5.39. The number of nitrogens with zero attached hydrogens (tertiary/aromatic N) is 2. The number of nitrogens with two attached hydrogens (primary N) is 1. The highest BCUT2D eigenvalue weighted by Gasteiger charge is 2.14. The SMILES string of the molecule is Cc1cc(C(C)N)c2nc(C3=CCCCC3)cc(=O)n2c1.O=c1c2ccccc12. The topological polar surface area (TPSA) is 77.5 Å². The standard InChI is InChI=1S/C17H21N3O.C7H4O/c1-11-8-14(12(2)18)17-19-15(9-16(21)20(17)10-11)13-6-4-3-5-7-13;8-7-5-3-1-2-4-6(5)7/h6,8-10,12H,3-5,7,18H2,1-2H3;1-4H. The molecule has 2 aromatic carbocycles. The van der Waals surface area contributed by atoms with E-state index in [0.717, 1.165) is 40.4 Å². The summed E-state index contributed by atoms with van der Waals surface area (Å²) in [6.07, 6.45) is 8.50. The number of fused-ring (bicyclic) bond motifs is 2. The minimum atomic E-state index is -0.151. The van der Waals surface area contributed by atoms with Gasteiger partial charge in [-0.05, 0) is 56.7 Å². The van der Waals surface area contributed by atoms with Gasteiger partial charge in [0.2, 0.25) is 0 Å². The van der Waals surface area contributed by atoms with Gasteiger partial charge in [0.1, 0.15) is 5.65 Å². The molecule has 1 atom stereocenters. The van der Waals surface area contributed by atoms with E-state index in [1.54, 1.807) is 10.5 Å². The van der Waals surface area contributed by atoms with Crippen LogP contribution in [-0.2, 0) is 0 Å². The highest BCUT2D eigenvalue weighted by Crippen LogP contribution is 2.26. The Morgan fingerprint density at radius 3 is 2.41 bits per heavy atom. The van der Waals surface area contributed by atoms with Crippen molar-refractivity contribution in [2.45, 2.75) is 45.6 Å². The molecule has 0 saturated heterocycles. The van der Waals surface area contributed by atoms with Crippen LogP contribution in [0.25, 0.3) is 22.0 Å². The second-order valence-electron chi connectivity index (χ2n) is 7.78. The first-order valence-electron chi connectivity index (χ1n) is 10.1. The molecule has 1 aliphatic rings. The van der Waals surface area contributed by atoms with Crippen molar-refractivity contribution in [2.75, 3.05) is 0 Å². The van der Waals surface area contributed by atoms with E-state index < -0.39 is 0 Å². The number of allylic oxidation sites excluding steroid dienone is 2. The first-order valence-corrected chi connectivity index (χ1v) is 10.1. The van der Waals surface area contributed by atoms with Crippen molar-refractivity contribution in [2.24, 2.45) is 5.73 Å². The van der Waals surface area contributed by atoms with Gasteiger partial charge in [0.25, 0.3) is 5.56 Å². The molecule has 2 N–H and O–H groups in total. The fraction of sp³-hybridized carbons (Fsp3) is 0.292. The van der Waals surface area contributed by atoms with Gasteiger partial charge >= 0.3 is 0 Å². The van der Waals surface area contributed by atoms with Crippen LogP contribution in [0.2, 0.25) is 0 Å². The lowest BCUT2D eigenvalue weighted by Gasteiger charge is -2.15. The van der Waals surface area contributed by atoms with E-state index in [1.165, 1.54) is 18.4 Å². The van der Waals surface area contributed by atoms with Crippen LogP contribution in [0.4, 0.5) is 0 Å². The van der Waals surface area contributed by atoms with Crippen molar-refractivity contribution in [1.82, 2.24) is 9.38 Å². The minimum absolute atomic E-state index is 0.0351. The molecule has 1 aliphatic carbocycles. The Morgan fingerprint density at radius 2 is 1.83 bits per heavy atom. The Bertz CT molecular complexity index is 1260. The highest BCUT2D eigenvalue weighted by molar-refractivity contribution is 5.97. The summed E-state index contributed by atoms with van der Waals surface area (Å²) in [7, 11) is 0. The summed E-state index contributed by atoms with van der Waals surface area (Å²) < 4.78 is 1.61. The van der Waals surface area contributed by atoms with E-state index in [4.69, 9.17) is 10.7 Å². The van der Waals surface area contributed by atoms with Crippen LogP contribution in [0.15, 0.2) is 58.3 Å². The number of hydrogen-bond donors (Lipinski definition) is 1. The smallest absolute Gasteiger partial charge is 0.258 e. The van der Waals surface area contributed by atoms with Crippen molar-refractivity contribution in [1.29, 1.82) is 0 Å². The molecular weight excluding hydrogens is 362 g/mol. The lowest BCUT2D eigenvalue weighted by molar-refractivity contribution is 0.739. The summed E-state index contributed by atoms with van der Waals surface area (Å²) >= 11 is 0. The Kier molecular flexibility index (Phi) is 5.16. The van der Waals surface area contributed by atoms with E-state index in [0.29, 0.717) is 5.65 Å². The number of benzene rings is 1. The molecule has 0 fully saturated rings. The van der Waals surface area contributed by atoms with E-state index in [9.17, 15) is 9.59 Å². The summed E-state index contributed by atoms with van der Waals surface area (Å²) in [6, 6.07) is 11.0. The molecule has 0 bridgehead atoms. The molecule has 4 aromatic rings. The molecule has 0 saturated carbocycles. The fourth-order valence-corrected chi connectivity index (χ4v) is 3.77. The van der Waals surface area contributed by atoms with Crippen molar-refractivity contribution in [3.63, 3.8) is 0 Å². The zero-order valence-electron chi connectivity index (χ0n) is 16.8. The number of aromatic nitrogens is 2. The van der Waals surface area contributed by atoms with Gasteiger partial charge in [0.15, 0.2) is 5.43 Å². The van der Waals surface area contributed by atoms with E-state index in [-0.39, 0.29) is 17.0 Å². The number of hydrogen-bond acceptors (Lipinski definition) is 4. The van der Waals surface area contributed by atoms with Gasteiger partial charge in [-0.1, -0.05) is 30.3 Å². The summed E-state index contributed by atoms with van der Waals surface area (Å²) in [5.41, 5.74) is 10.9. The third kappa shape index (κ3) is 3.91. The summed E-state index contributed by atoms with van der Waals surface area (Å²) in [4.78, 5) is 27.7. The lowest BCUT2D eigenvalue weighted by atomic mass is 9.97. The first-order chi connectivity index (χ1) is 14.0. The van der Waals surface area contributed by atoms with Gasteiger partial charge in [-0.25, -0.2) is 4.98 Å². The summed E-state index contributed by atoms with van der Waals surface area (Å²) in [5.74, 6) is 0. The van der Waals surface area contributed by atoms with Crippen LogP contribution in [0.1, 0.15) is 55.5 Å². The average molecular weight is 387 g/mol. The maximum absolute atomic E-state index is 12.4. The molecule has 5 nitrogen and oxygen atoms in total. The summed E-state index contributed by atoms with van der Waals surface area (Å²) in [5, 5.41) is 1.79. The lowest BCUT2D eigenvalue weighted by Crippen LogP contribution is -2.19. The van der Waals surface area contributed by atoms with Crippen molar-refractivity contribution < 1.29 is 0 Å². The Labute approximate surface area is 169 Å². The first kappa shape index (κ1) is 19.3. The predicted molar refractivity (Wildman–Crippen MR) is 118 cm³/mol. The highest BCUT2D eigenvalue weighted by atomic mass is 16.1. The molecule has 148 valence electrons. The predicted octanol–water partition coefficient (Wildman–Crippen LogP) is 4.06. The van der Waals surface area contributed by atoms with Crippen molar-refractivity contribution in [3.05, 3.63) is 86.1 Å². The maximum Gasteiger partial charge on any atom is 0.258 e. The Morgan fingerprint density at radius 1 is 1.10 bits per heavy atom. The molecule has 0 aliphatic heterocycles. The molecule has 29 heavy (non-hydrogen) atoms. The van der Waals surface area contributed by atoms with E-state index in [1.807, 2.05) is 50.4 Å². The van der Waals surface area contributed by atoms with Gasteiger partial charge < -0.3 is 5.73 Å². The normalized spacial score (nSPS) is 15.2. The molecule has 0 spiro atoms. The van der Waals surface area contributed by atoms with Crippen LogP contribution >= 0.6 is 0 Å². The zero-order valence-corrected chi connectivity index (χ0v) is 16.8. The average Bonchev–Trinajstić information content (AvgIpc) is 3.39. The molecule has 5 heteroatoms. The minimum Gasteiger partial charge on any atom is -0.324 e. The van der Waals surface area contributed by atoms with Gasteiger partial charge in [0.05, 0.1) is 5.69 Å². The van der Waals surface area contributed by atoms with Crippen molar-refractivity contribution in [3.8, 4) is 0 Å². The number of pyridine rings is 1. The quantitative estimate of drug-likeness (QED) is 0.563. The molecule has 2 heterocycles. The van der Waals surface area contributed by atoms with Crippen LogP contribution in [0.3, 0.4) is 0 Å². The Hall–Kier alpha value is -3.05. The largest absolute Gasteiger partial charge is 0.324 e. The van der Waals surface area contributed by atoms with Gasteiger partial charge in [0, 0.05) is 34.6 Å². The third-order valence-electron chi connectivity index (χ3n) is 5.39. The van der Waals surface area contributed by atoms with Crippen molar-refractivity contribution >= 4 is 22.0 Å². The van der Waals surface area contributed by atoms with Gasteiger partial charge in [-0.3, -0.25) is 14.0 Å². The second-order valence-corrected chi connectivity index (χ2v) is 7.78. The molecule has 5 rings (SSSR count). The van der Waals surface area contributed by atoms with Gasteiger partial charge in [-0.15, -0.1) is 0 Å². The second kappa shape index (κ2) is 7.76. The fourth-order valence-electron chi connectivity index (χ4n) is 3.77. The monoisotopic (exact) mass is 387 g/mol. The molecule has 0 radical (unpaired) electrons. The molecule has 2 aromatic heterocycles. The molecule has 1 unspecified atom stereocenters. The number of aryl methyl sites for hydroxylation is 1. The van der Waals surface area contributed by atoms with Crippen LogP contribution in [-0.4, -0.2) is 9.38 Å². The zero-order chi connectivity index (χ0) is 20.5. The van der Waals surface area contributed by atoms with Crippen LogP contribution in [0.5, 0.6) is 0 Å². The summed E-state index contributed by atoms with van der Waals surface area (Å²) in [6.45, 7) is 3.89. The number of rotatable bonds is 2. The maximum atomic E-state index is 12.4. The van der Waals surface area contributed by atoms with Crippen LogP contribution < -0.4 is 16.7 Å². The molecule has 0 amide bonds. The molecular formula is C24H25N3O2. The van der Waals surface area contributed by atoms with E-state index in [2.05, 4.69) is 6.08 Å². The van der Waals surface area contributed by atoms with Crippen LogP contribution in [0, 0.1) is 6.92 Å². The Balaban J connectivity index is 0.000000211. The van der Waals surface area contributed by atoms with Gasteiger partial charge in [-0.2, -0.15) is 0 Å².